The van der Waals surface area contributed by atoms with Crippen molar-refractivity contribution in [3.05, 3.63) is 46.6 Å². The first-order valence-electron chi connectivity index (χ1n) is 5.92. The van der Waals surface area contributed by atoms with Crippen molar-refractivity contribution in [3.63, 3.8) is 0 Å². The third kappa shape index (κ3) is 2.26. The van der Waals surface area contributed by atoms with Gasteiger partial charge in [-0.15, -0.1) is 0 Å². The number of hydrogen-bond donors (Lipinski definition) is 1. The van der Waals surface area contributed by atoms with Gasteiger partial charge in [0.25, 0.3) is 5.78 Å². The Morgan fingerprint density at radius 1 is 1.43 bits per heavy atom. The Morgan fingerprint density at radius 2 is 2.24 bits per heavy atom. The van der Waals surface area contributed by atoms with Crippen LogP contribution in [0.25, 0.3) is 5.78 Å². The summed E-state index contributed by atoms with van der Waals surface area (Å²) < 4.78 is 14.6. The molecule has 3 rings (SSSR count). The Bertz CT molecular complexity index is 882. The van der Waals surface area contributed by atoms with Gasteiger partial charge in [0, 0.05) is 5.56 Å². The van der Waals surface area contributed by atoms with E-state index in [1.807, 2.05) is 6.07 Å². The van der Waals surface area contributed by atoms with Crippen molar-refractivity contribution in [2.24, 2.45) is 0 Å². The lowest BCUT2D eigenvalue weighted by molar-refractivity contribution is 0.627. The Labute approximate surface area is 123 Å². The number of nitrogens with one attached hydrogen (secondary N) is 1. The Morgan fingerprint density at radius 3 is 3.00 bits per heavy atom. The average Bonchev–Trinajstić information content (AvgIpc) is 2.92. The molecule has 0 aliphatic carbocycles. The molecule has 0 saturated heterocycles. The molecule has 0 bridgehead atoms. The fourth-order valence-electron chi connectivity index (χ4n) is 1.89. The minimum atomic E-state index is -0.479. The monoisotopic (exact) mass is 302 g/mol. The molecule has 0 radical (unpaired) electrons. The van der Waals surface area contributed by atoms with Crippen LogP contribution in [0.15, 0.2) is 24.5 Å². The summed E-state index contributed by atoms with van der Waals surface area (Å²) in [7, 11) is 0. The van der Waals surface area contributed by atoms with Gasteiger partial charge >= 0.3 is 0 Å². The summed E-state index contributed by atoms with van der Waals surface area (Å²) in [5.41, 5.74) is 1.26. The maximum absolute atomic E-state index is 13.2. The van der Waals surface area contributed by atoms with Gasteiger partial charge < -0.3 is 5.32 Å². The van der Waals surface area contributed by atoms with Crippen LogP contribution in [0.5, 0.6) is 0 Å². The standard InChI is InChI=1S/C13H8ClFN6/c1-7-11(14)20-13-17-6-18-21(13)12(7)19-10-3-2-9(15)4-8(10)5-16/h2-4,6,19H,1H3. The molecule has 0 unspecified atom stereocenters. The van der Waals surface area contributed by atoms with Crippen LogP contribution in [0, 0.1) is 24.1 Å². The van der Waals surface area contributed by atoms with E-state index in [-0.39, 0.29) is 10.7 Å². The van der Waals surface area contributed by atoms with Crippen LogP contribution >= 0.6 is 11.6 Å². The van der Waals surface area contributed by atoms with Crippen molar-refractivity contribution in [2.75, 3.05) is 5.32 Å². The molecule has 0 aliphatic heterocycles. The molecule has 0 saturated carbocycles. The number of benzene rings is 1. The third-order valence-electron chi connectivity index (χ3n) is 2.96. The summed E-state index contributed by atoms with van der Waals surface area (Å²) >= 11 is 6.06. The van der Waals surface area contributed by atoms with Gasteiger partial charge in [-0.05, 0) is 25.1 Å². The molecular weight excluding hydrogens is 295 g/mol. The molecule has 104 valence electrons. The third-order valence-corrected chi connectivity index (χ3v) is 3.33. The number of nitriles is 1. The molecule has 0 atom stereocenters. The van der Waals surface area contributed by atoms with Crippen LogP contribution in [0.3, 0.4) is 0 Å². The van der Waals surface area contributed by atoms with E-state index in [2.05, 4.69) is 20.4 Å². The van der Waals surface area contributed by atoms with Gasteiger partial charge in [0.2, 0.25) is 0 Å². The first-order valence-corrected chi connectivity index (χ1v) is 6.30. The molecule has 0 amide bonds. The SMILES string of the molecule is Cc1c(Cl)nc2ncnn2c1Nc1ccc(F)cc1C#N. The molecule has 2 aromatic heterocycles. The largest absolute Gasteiger partial charge is 0.339 e. The highest BCUT2D eigenvalue weighted by atomic mass is 35.5. The average molecular weight is 303 g/mol. The molecule has 8 heteroatoms. The van der Waals surface area contributed by atoms with Gasteiger partial charge in [0.05, 0.1) is 11.3 Å². The highest BCUT2D eigenvalue weighted by Gasteiger charge is 2.14. The minimum absolute atomic E-state index is 0.176. The van der Waals surface area contributed by atoms with E-state index in [0.717, 1.165) is 6.07 Å². The van der Waals surface area contributed by atoms with Crippen molar-refractivity contribution < 1.29 is 4.39 Å². The maximum atomic E-state index is 13.2. The summed E-state index contributed by atoms with van der Waals surface area (Å²) in [6.45, 7) is 1.76. The predicted octanol–water partition coefficient (Wildman–Crippen LogP) is 2.84. The van der Waals surface area contributed by atoms with Crippen LogP contribution < -0.4 is 5.32 Å². The smallest absolute Gasteiger partial charge is 0.255 e. The number of fused-ring (bicyclic) bond motifs is 1. The molecule has 0 fully saturated rings. The molecular formula is C13H8ClFN6. The lowest BCUT2D eigenvalue weighted by Gasteiger charge is -2.12. The first-order chi connectivity index (χ1) is 10.1. The second-order valence-corrected chi connectivity index (χ2v) is 4.63. The zero-order chi connectivity index (χ0) is 15.0. The topological polar surface area (TPSA) is 78.9 Å². The van der Waals surface area contributed by atoms with E-state index in [9.17, 15) is 4.39 Å². The fraction of sp³-hybridized carbons (Fsp3) is 0.0769. The van der Waals surface area contributed by atoms with Crippen molar-refractivity contribution in [3.8, 4) is 6.07 Å². The van der Waals surface area contributed by atoms with Gasteiger partial charge in [-0.3, -0.25) is 0 Å². The van der Waals surface area contributed by atoms with E-state index in [0.29, 0.717) is 22.8 Å². The van der Waals surface area contributed by atoms with Crippen LogP contribution in [-0.2, 0) is 0 Å². The van der Waals surface area contributed by atoms with E-state index >= 15 is 0 Å². The summed E-state index contributed by atoms with van der Waals surface area (Å²) in [6.07, 6.45) is 1.35. The zero-order valence-electron chi connectivity index (χ0n) is 10.8. The number of halogens is 2. The Balaban J connectivity index is 2.17. The van der Waals surface area contributed by atoms with Gasteiger partial charge in [-0.1, -0.05) is 11.6 Å². The number of hydrogen-bond acceptors (Lipinski definition) is 5. The summed E-state index contributed by atoms with van der Waals surface area (Å²) in [5, 5.41) is 16.5. The number of aromatic nitrogens is 4. The zero-order valence-corrected chi connectivity index (χ0v) is 11.6. The second kappa shape index (κ2) is 5.00. The quantitative estimate of drug-likeness (QED) is 0.736. The van der Waals surface area contributed by atoms with Gasteiger partial charge in [-0.25, -0.2) is 4.39 Å². The van der Waals surface area contributed by atoms with Crippen molar-refractivity contribution in [1.82, 2.24) is 19.6 Å². The predicted molar refractivity (Wildman–Crippen MR) is 74.9 cm³/mol. The molecule has 6 nitrogen and oxygen atoms in total. The first kappa shape index (κ1) is 13.3. The van der Waals surface area contributed by atoms with Crippen LogP contribution in [0.2, 0.25) is 5.15 Å². The Kier molecular flexibility index (Phi) is 3.16. The van der Waals surface area contributed by atoms with Crippen molar-refractivity contribution in [2.45, 2.75) is 6.92 Å². The molecule has 1 aromatic carbocycles. The van der Waals surface area contributed by atoms with Gasteiger partial charge in [0.15, 0.2) is 0 Å². The van der Waals surface area contributed by atoms with E-state index in [4.69, 9.17) is 16.9 Å². The minimum Gasteiger partial charge on any atom is -0.339 e. The van der Waals surface area contributed by atoms with Gasteiger partial charge in [-0.2, -0.15) is 24.8 Å². The Hall–Kier alpha value is -2.72. The molecule has 0 aliphatic rings. The molecule has 2 heterocycles. The lowest BCUT2D eigenvalue weighted by atomic mass is 10.2. The van der Waals surface area contributed by atoms with Crippen LogP contribution in [-0.4, -0.2) is 19.6 Å². The van der Waals surface area contributed by atoms with Crippen LogP contribution in [0.1, 0.15) is 11.1 Å². The fourth-order valence-corrected chi connectivity index (χ4v) is 2.05. The van der Waals surface area contributed by atoms with E-state index in [1.54, 1.807) is 6.92 Å². The summed E-state index contributed by atoms with van der Waals surface area (Å²) in [6, 6.07) is 5.83. The maximum Gasteiger partial charge on any atom is 0.255 e. The lowest BCUT2D eigenvalue weighted by Crippen LogP contribution is -2.06. The number of rotatable bonds is 2. The number of anilines is 2. The second-order valence-electron chi connectivity index (χ2n) is 4.27. The molecule has 21 heavy (non-hydrogen) atoms. The summed E-state index contributed by atoms with van der Waals surface area (Å²) in [4.78, 5) is 8.05. The van der Waals surface area contributed by atoms with Crippen molar-refractivity contribution in [1.29, 1.82) is 5.26 Å². The normalized spacial score (nSPS) is 10.6. The highest BCUT2D eigenvalue weighted by molar-refractivity contribution is 6.30. The van der Waals surface area contributed by atoms with Crippen LogP contribution in [0.4, 0.5) is 15.9 Å². The highest BCUT2D eigenvalue weighted by Crippen LogP contribution is 2.27. The summed E-state index contributed by atoms with van der Waals surface area (Å²) in [5.74, 6) is 0.367. The number of nitrogens with zero attached hydrogens (tertiary/aromatic N) is 5. The van der Waals surface area contributed by atoms with E-state index in [1.165, 1.54) is 23.0 Å². The molecule has 3 aromatic rings. The molecule has 1 N–H and O–H groups in total. The molecule has 0 spiro atoms. The van der Waals surface area contributed by atoms with E-state index < -0.39 is 5.82 Å². The van der Waals surface area contributed by atoms with Crippen molar-refractivity contribution >= 4 is 28.9 Å². The van der Waals surface area contributed by atoms with Gasteiger partial charge in [0.1, 0.15) is 29.2 Å².